The summed E-state index contributed by atoms with van der Waals surface area (Å²) in [5, 5.41) is 4.33. The molecule has 2 heterocycles. The lowest BCUT2D eigenvalue weighted by atomic mass is 10.1. The largest absolute Gasteiger partial charge is 0.292 e. The van der Waals surface area contributed by atoms with Crippen molar-refractivity contribution in [2.75, 3.05) is 0 Å². The summed E-state index contributed by atoms with van der Waals surface area (Å²) in [5.74, 6) is 0. The fraction of sp³-hybridized carbons (Fsp3) is 0.105. The van der Waals surface area contributed by atoms with Crippen molar-refractivity contribution >= 4 is 45.0 Å². The first-order valence-corrected chi connectivity index (χ1v) is 7.88. The van der Waals surface area contributed by atoms with Crippen LogP contribution in [-0.4, -0.2) is 9.38 Å². The molecular formula is C19H13ClN2. The first-order valence-electron chi connectivity index (χ1n) is 7.51. The fourth-order valence-corrected chi connectivity index (χ4v) is 3.68. The summed E-state index contributed by atoms with van der Waals surface area (Å²) < 4.78 is 2.28. The van der Waals surface area contributed by atoms with Gasteiger partial charge in [-0.25, -0.2) is 4.98 Å². The van der Waals surface area contributed by atoms with Gasteiger partial charge in [-0.05, 0) is 42.5 Å². The van der Waals surface area contributed by atoms with Crippen LogP contribution in [0.2, 0.25) is 5.02 Å². The van der Waals surface area contributed by atoms with Gasteiger partial charge in [0, 0.05) is 15.8 Å². The van der Waals surface area contributed by atoms with Gasteiger partial charge in [-0.15, -0.1) is 0 Å². The number of allylic oxidation sites excluding steroid dienone is 1. The van der Waals surface area contributed by atoms with Crippen LogP contribution in [0.3, 0.4) is 0 Å². The van der Waals surface area contributed by atoms with E-state index in [2.05, 4.69) is 53.0 Å². The summed E-state index contributed by atoms with van der Waals surface area (Å²) in [6.45, 7) is 0. The van der Waals surface area contributed by atoms with Gasteiger partial charge in [-0.3, -0.25) is 4.40 Å². The van der Waals surface area contributed by atoms with E-state index in [-0.39, 0.29) is 0 Å². The molecule has 3 heteroatoms. The SMILES string of the molecule is Clc1ccc2c(c1)c1ccccc1c1nc3c(n21)C=CCC3. The highest BCUT2D eigenvalue weighted by atomic mass is 35.5. The number of pyridine rings is 1. The summed E-state index contributed by atoms with van der Waals surface area (Å²) in [5.41, 5.74) is 4.61. The number of hydrogen-bond donors (Lipinski definition) is 0. The minimum atomic E-state index is 0.765. The van der Waals surface area contributed by atoms with E-state index in [1.807, 2.05) is 6.07 Å². The van der Waals surface area contributed by atoms with Gasteiger partial charge < -0.3 is 0 Å². The van der Waals surface area contributed by atoms with Crippen LogP contribution in [0.4, 0.5) is 0 Å². The molecule has 0 bridgehead atoms. The Kier molecular flexibility index (Phi) is 2.42. The molecule has 0 saturated heterocycles. The summed E-state index contributed by atoms with van der Waals surface area (Å²) >= 11 is 6.25. The van der Waals surface area contributed by atoms with Crippen LogP contribution in [-0.2, 0) is 6.42 Å². The zero-order valence-corrected chi connectivity index (χ0v) is 12.6. The smallest absolute Gasteiger partial charge is 0.145 e. The number of aryl methyl sites for hydroxylation is 1. The number of aromatic nitrogens is 2. The molecule has 0 spiro atoms. The van der Waals surface area contributed by atoms with Crippen molar-refractivity contribution < 1.29 is 0 Å². The number of hydrogen-bond acceptors (Lipinski definition) is 1. The monoisotopic (exact) mass is 304 g/mol. The van der Waals surface area contributed by atoms with Crippen molar-refractivity contribution in [3.8, 4) is 0 Å². The molecule has 0 N–H and O–H groups in total. The number of halogens is 1. The number of fused-ring (bicyclic) bond motifs is 8. The van der Waals surface area contributed by atoms with Crippen molar-refractivity contribution in [1.82, 2.24) is 9.38 Å². The summed E-state index contributed by atoms with van der Waals surface area (Å²) in [6.07, 6.45) is 6.50. The lowest BCUT2D eigenvalue weighted by Gasteiger charge is -2.10. The molecule has 2 nitrogen and oxygen atoms in total. The summed E-state index contributed by atoms with van der Waals surface area (Å²) in [4.78, 5) is 4.93. The van der Waals surface area contributed by atoms with E-state index in [4.69, 9.17) is 16.6 Å². The van der Waals surface area contributed by atoms with Crippen LogP contribution >= 0.6 is 11.6 Å². The molecule has 0 atom stereocenters. The molecule has 22 heavy (non-hydrogen) atoms. The van der Waals surface area contributed by atoms with Crippen molar-refractivity contribution in [3.63, 3.8) is 0 Å². The van der Waals surface area contributed by atoms with Crippen LogP contribution in [0.25, 0.3) is 33.4 Å². The highest BCUT2D eigenvalue weighted by Gasteiger charge is 2.17. The number of imidazole rings is 1. The van der Waals surface area contributed by atoms with Gasteiger partial charge in [-0.1, -0.05) is 41.9 Å². The molecule has 0 saturated carbocycles. The lowest BCUT2D eigenvalue weighted by Crippen LogP contribution is -1.96. The zero-order chi connectivity index (χ0) is 14.7. The Bertz CT molecular complexity index is 1090. The van der Waals surface area contributed by atoms with E-state index in [9.17, 15) is 0 Å². The van der Waals surface area contributed by atoms with Crippen molar-refractivity contribution in [3.05, 3.63) is 65.0 Å². The van der Waals surface area contributed by atoms with E-state index < -0.39 is 0 Å². The Morgan fingerprint density at radius 2 is 1.86 bits per heavy atom. The third kappa shape index (κ3) is 1.53. The van der Waals surface area contributed by atoms with Gasteiger partial charge in [0.1, 0.15) is 5.65 Å². The predicted molar refractivity (Wildman–Crippen MR) is 92.6 cm³/mol. The lowest BCUT2D eigenvalue weighted by molar-refractivity contribution is 0.943. The molecule has 5 rings (SSSR count). The average molecular weight is 305 g/mol. The molecule has 2 aromatic carbocycles. The fourth-order valence-electron chi connectivity index (χ4n) is 3.50. The van der Waals surface area contributed by atoms with E-state index in [0.717, 1.165) is 23.5 Å². The minimum Gasteiger partial charge on any atom is -0.292 e. The average Bonchev–Trinajstić information content (AvgIpc) is 2.95. The molecular weight excluding hydrogens is 292 g/mol. The number of benzene rings is 2. The third-order valence-electron chi connectivity index (χ3n) is 4.47. The number of nitrogens with zero attached hydrogens (tertiary/aromatic N) is 2. The Morgan fingerprint density at radius 3 is 2.77 bits per heavy atom. The molecule has 106 valence electrons. The topological polar surface area (TPSA) is 17.3 Å². The van der Waals surface area contributed by atoms with Crippen LogP contribution in [0.15, 0.2) is 48.5 Å². The Morgan fingerprint density at radius 1 is 1.00 bits per heavy atom. The van der Waals surface area contributed by atoms with Crippen LogP contribution < -0.4 is 0 Å². The van der Waals surface area contributed by atoms with Crippen LogP contribution in [0.5, 0.6) is 0 Å². The Hall–Kier alpha value is -2.32. The minimum absolute atomic E-state index is 0.765. The molecule has 2 aromatic heterocycles. The van der Waals surface area contributed by atoms with Gasteiger partial charge in [0.05, 0.1) is 16.9 Å². The first-order chi connectivity index (χ1) is 10.8. The van der Waals surface area contributed by atoms with Crippen LogP contribution in [0, 0.1) is 0 Å². The quantitative estimate of drug-likeness (QED) is 0.405. The molecule has 4 aromatic rings. The molecule has 0 aliphatic heterocycles. The highest BCUT2D eigenvalue weighted by Crippen LogP contribution is 2.34. The molecule has 1 aliphatic carbocycles. The Balaban J connectivity index is 2.14. The van der Waals surface area contributed by atoms with Gasteiger partial charge in [-0.2, -0.15) is 0 Å². The van der Waals surface area contributed by atoms with E-state index in [1.165, 1.54) is 33.1 Å². The van der Waals surface area contributed by atoms with E-state index in [1.54, 1.807) is 0 Å². The Labute approximate surface area is 132 Å². The second-order valence-electron chi connectivity index (χ2n) is 5.75. The van der Waals surface area contributed by atoms with Crippen LogP contribution in [0.1, 0.15) is 17.8 Å². The maximum atomic E-state index is 6.25. The maximum absolute atomic E-state index is 6.25. The molecule has 0 fully saturated rings. The zero-order valence-electron chi connectivity index (χ0n) is 11.9. The molecule has 0 amide bonds. The molecule has 1 aliphatic rings. The maximum Gasteiger partial charge on any atom is 0.145 e. The summed E-state index contributed by atoms with van der Waals surface area (Å²) in [7, 11) is 0. The normalized spacial score (nSPS) is 14.0. The second kappa shape index (κ2) is 4.34. The third-order valence-corrected chi connectivity index (χ3v) is 4.71. The van der Waals surface area contributed by atoms with Crippen molar-refractivity contribution in [2.45, 2.75) is 12.8 Å². The van der Waals surface area contributed by atoms with Gasteiger partial charge >= 0.3 is 0 Å². The molecule has 0 radical (unpaired) electrons. The van der Waals surface area contributed by atoms with Gasteiger partial charge in [0.2, 0.25) is 0 Å². The highest BCUT2D eigenvalue weighted by molar-refractivity contribution is 6.32. The van der Waals surface area contributed by atoms with Gasteiger partial charge in [0.15, 0.2) is 0 Å². The standard InChI is InChI=1S/C19H13ClN2/c20-12-9-10-17-15(11-12)13-5-1-2-6-14(13)19-21-16-7-3-4-8-18(16)22(17)19/h1-2,4-6,8-11H,3,7H2. The van der Waals surface area contributed by atoms with Crippen molar-refractivity contribution in [1.29, 1.82) is 0 Å². The summed E-state index contributed by atoms with van der Waals surface area (Å²) in [6, 6.07) is 14.5. The van der Waals surface area contributed by atoms with E-state index >= 15 is 0 Å². The van der Waals surface area contributed by atoms with Crippen molar-refractivity contribution in [2.24, 2.45) is 0 Å². The van der Waals surface area contributed by atoms with E-state index in [0.29, 0.717) is 0 Å². The number of rotatable bonds is 0. The van der Waals surface area contributed by atoms with Gasteiger partial charge in [0.25, 0.3) is 0 Å². The second-order valence-corrected chi connectivity index (χ2v) is 6.19. The molecule has 0 unspecified atom stereocenters. The predicted octanol–water partition coefficient (Wildman–Crippen LogP) is 5.25. The first kappa shape index (κ1) is 12.2.